The van der Waals surface area contributed by atoms with Crippen molar-refractivity contribution in [3.63, 3.8) is 0 Å². The highest BCUT2D eigenvalue weighted by Gasteiger charge is 2.42. The molecule has 1 aromatic heterocycles. The van der Waals surface area contributed by atoms with Crippen LogP contribution in [-0.2, 0) is 19.4 Å². The van der Waals surface area contributed by atoms with Gasteiger partial charge in [-0.05, 0) is 30.7 Å². The molecule has 2 aliphatic rings. The van der Waals surface area contributed by atoms with Crippen LogP contribution in [0.4, 0.5) is 0 Å². The summed E-state index contributed by atoms with van der Waals surface area (Å²) >= 11 is 6.45. The average Bonchev–Trinajstić information content (AvgIpc) is 3.40. The predicted molar refractivity (Wildman–Crippen MR) is 118 cm³/mol. The van der Waals surface area contributed by atoms with Gasteiger partial charge in [-0.2, -0.15) is 0 Å². The fourth-order valence-corrected chi connectivity index (χ4v) is 6.46. The monoisotopic (exact) mass is 463 g/mol. The van der Waals surface area contributed by atoms with Gasteiger partial charge in [-0.25, -0.2) is 13.2 Å². The summed E-state index contributed by atoms with van der Waals surface area (Å²) in [5.74, 6) is 0.353. The van der Waals surface area contributed by atoms with E-state index in [2.05, 4.69) is 4.74 Å². The first-order chi connectivity index (χ1) is 14.3. The molecule has 2 aromatic rings. The maximum absolute atomic E-state index is 12.8. The summed E-state index contributed by atoms with van der Waals surface area (Å²) < 4.78 is 34.4. The number of rotatable bonds is 4. The molecule has 10 heteroatoms. The van der Waals surface area contributed by atoms with Crippen LogP contribution in [0, 0.1) is 0 Å². The van der Waals surface area contributed by atoms with Crippen molar-refractivity contribution in [2.24, 2.45) is 0 Å². The van der Waals surface area contributed by atoms with Crippen LogP contribution in [-0.4, -0.2) is 54.2 Å². The van der Waals surface area contributed by atoms with E-state index in [-0.39, 0.29) is 17.4 Å². The number of carbonyl (C=O) groups excluding carboxylic acids is 2. The quantitative estimate of drug-likeness (QED) is 0.388. The van der Waals surface area contributed by atoms with Crippen molar-refractivity contribution in [1.82, 2.24) is 4.90 Å². The lowest BCUT2D eigenvalue weighted by Crippen LogP contribution is -2.39. The predicted octanol–water partition coefficient (Wildman–Crippen LogP) is 3.12. The SMILES string of the molecule is COC(=O)c1ccc(-c2ccc(/C=C3/SC(=S)N([C@@H]4CCS(=O)(=O)C4)C3=O)o2)cc1. The summed E-state index contributed by atoms with van der Waals surface area (Å²) in [6.45, 7) is 0. The molecule has 30 heavy (non-hydrogen) atoms. The maximum Gasteiger partial charge on any atom is 0.337 e. The molecule has 0 bridgehead atoms. The minimum absolute atomic E-state index is 0.0564. The molecular weight excluding hydrogens is 446 g/mol. The molecule has 156 valence electrons. The van der Waals surface area contributed by atoms with E-state index in [1.54, 1.807) is 42.5 Å². The van der Waals surface area contributed by atoms with Gasteiger partial charge >= 0.3 is 5.97 Å². The number of thiocarbonyl (C=S) groups is 1. The van der Waals surface area contributed by atoms with Gasteiger partial charge < -0.3 is 9.15 Å². The highest BCUT2D eigenvalue weighted by atomic mass is 32.2. The van der Waals surface area contributed by atoms with E-state index in [1.807, 2.05) is 0 Å². The van der Waals surface area contributed by atoms with Gasteiger partial charge in [-0.3, -0.25) is 9.69 Å². The molecule has 1 atom stereocenters. The first-order valence-corrected chi connectivity index (χ1v) is 12.1. The van der Waals surface area contributed by atoms with Crippen LogP contribution in [0.5, 0.6) is 0 Å². The van der Waals surface area contributed by atoms with E-state index < -0.39 is 21.8 Å². The number of esters is 1. The molecule has 4 rings (SSSR count). The Morgan fingerprint density at radius 1 is 1.27 bits per heavy atom. The number of amides is 1. The molecule has 1 amide bonds. The Hall–Kier alpha value is -2.43. The Labute approximate surface area is 183 Å². The van der Waals surface area contributed by atoms with Crippen LogP contribution in [0.3, 0.4) is 0 Å². The first-order valence-electron chi connectivity index (χ1n) is 9.03. The zero-order valence-corrected chi connectivity index (χ0v) is 18.3. The number of thioether (sulfide) groups is 1. The second-order valence-corrected chi connectivity index (χ2v) is 10.8. The van der Waals surface area contributed by atoms with E-state index in [0.717, 1.165) is 17.3 Å². The lowest BCUT2D eigenvalue weighted by Gasteiger charge is -2.20. The minimum Gasteiger partial charge on any atom is -0.465 e. The lowest BCUT2D eigenvalue weighted by molar-refractivity contribution is -0.123. The average molecular weight is 464 g/mol. The van der Waals surface area contributed by atoms with E-state index in [4.69, 9.17) is 16.6 Å². The zero-order valence-electron chi connectivity index (χ0n) is 15.9. The summed E-state index contributed by atoms with van der Waals surface area (Å²) in [5, 5.41) is 0. The number of methoxy groups -OCH3 is 1. The molecule has 2 saturated heterocycles. The zero-order chi connectivity index (χ0) is 21.5. The molecule has 3 heterocycles. The molecule has 0 spiro atoms. The number of hydrogen-bond donors (Lipinski definition) is 0. The summed E-state index contributed by atoms with van der Waals surface area (Å²) in [4.78, 5) is 26.1. The van der Waals surface area contributed by atoms with E-state index >= 15 is 0 Å². The Bertz CT molecular complexity index is 1160. The van der Waals surface area contributed by atoms with Crippen molar-refractivity contribution in [3.05, 3.63) is 52.6 Å². The fourth-order valence-electron chi connectivity index (χ4n) is 3.38. The van der Waals surface area contributed by atoms with E-state index in [9.17, 15) is 18.0 Å². The van der Waals surface area contributed by atoms with Crippen LogP contribution < -0.4 is 0 Å². The summed E-state index contributed by atoms with van der Waals surface area (Å²) in [5.41, 5.74) is 1.21. The van der Waals surface area contributed by atoms with Crippen molar-refractivity contribution in [2.45, 2.75) is 12.5 Å². The smallest absolute Gasteiger partial charge is 0.337 e. The molecule has 0 unspecified atom stereocenters. The van der Waals surface area contributed by atoms with Gasteiger partial charge in [0.05, 0.1) is 35.1 Å². The van der Waals surface area contributed by atoms with Crippen LogP contribution in [0.25, 0.3) is 17.4 Å². The number of ether oxygens (including phenoxy) is 1. The lowest BCUT2D eigenvalue weighted by atomic mass is 10.1. The standard InChI is InChI=1S/C20H17NO6S3/c1-26-19(23)13-4-2-12(3-5-13)16-7-6-15(27-16)10-17-18(22)21(20(28)29-17)14-8-9-30(24,25)11-14/h2-7,10,14H,8-9,11H2,1H3/b17-10+/t14-/m1/s1. The van der Waals surface area contributed by atoms with E-state index in [1.165, 1.54) is 12.0 Å². The Morgan fingerprint density at radius 3 is 2.63 bits per heavy atom. The second kappa shape index (κ2) is 8.01. The van der Waals surface area contributed by atoms with Crippen molar-refractivity contribution in [1.29, 1.82) is 0 Å². The third kappa shape index (κ3) is 4.07. The molecule has 0 saturated carbocycles. The molecule has 7 nitrogen and oxygen atoms in total. The topological polar surface area (TPSA) is 93.9 Å². The minimum atomic E-state index is -3.12. The third-order valence-corrected chi connectivity index (χ3v) is 7.97. The van der Waals surface area contributed by atoms with Crippen LogP contribution in [0.2, 0.25) is 0 Å². The number of carbonyl (C=O) groups is 2. The van der Waals surface area contributed by atoms with Crippen molar-refractivity contribution in [3.8, 4) is 11.3 Å². The van der Waals surface area contributed by atoms with Crippen molar-refractivity contribution < 1.29 is 27.2 Å². The molecule has 0 N–H and O–H groups in total. The van der Waals surface area contributed by atoms with Crippen LogP contribution in [0.1, 0.15) is 22.5 Å². The number of hydrogen-bond acceptors (Lipinski definition) is 8. The molecule has 2 aliphatic heterocycles. The normalized spacial score (nSPS) is 22.1. The fraction of sp³-hybridized carbons (Fsp3) is 0.250. The number of sulfone groups is 1. The summed E-state index contributed by atoms with van der Waals surface area (Å²) in [7, 11) is -1.80. The number of nitrogens with zero attached hydrogens (tertiary/aromatic N) is 1. The van der Waals surface area contributed by atoms with Crippen LogP contribution >= 0.6 is 24.0 Å². The second-order valence-electron chi connectivity index (χ2n) is 6.88. The highest BCUT2D eigenvalue weighted by molar-refractivity contribution is 8.26. The third-order valence-electron chi connectivity index (χ3n) is 4.89. The largest absolute Gasteiger partial charge is 0.465 e. The van der Waals surface area contributed by atoms with Crippen molar-refractivity contribution in [2.75, 3.05) is 18.6 Å². The Morgan fingerprint density at radius 2 is 2.00 bits per heavy atom. The summed E-state index contributed by atoms with van der Waals surface area (Å²) in [6, 6.07) is 9.87. The van der Waals surface area contributed by atoms with Gasteiger partial charge in [0.15, 0.2) is 9.84 Å². The Balaban J connectivity index is 1.52. The van der Waals surface area contributed by atoms with Gasteiger partial charge in [-0.1, -0.05) is 36.1 Å². The number of benzene rings is 1. The molecular formula is C20H17NO6S3. The van der Waals surface area contributed by atoms with Gasteiger partial charge in [0.2, 0.25) is 0 Å². The van der Waals surface area contributed by atoms with Gasteiger partial charge in [-0.15, -0.1) is 0 Å². The van der Waals surface area contributed by atoms with Crippen LogP contribution in [0.15, 0.2) is 45.7 Å². The van der Waals surface area contributed by atoms with E-state index in [0.29, 0.717) is 32.7 Å². The highest BCUT2D eigenvalue weighted by Crippen LogP contribution is 2.36. The maximum atomic E-state index is 12.8. The first kappa shape index (κ1) is 20.8. The molecule has 1 aromatic carbocycles. The summed E-state index contributed by atoms with van der Waals surface area (Å²) in [6.07, 6.45) is 2.00. The Kier molecular flexibility index (Phi) is 5.56. The molecule has 2 fully saturated rings. The van der Waals surface area contributed by atoms with Gasteiger partial charge in [0.1, 0.15) is 15.8 Å². The number of furan rings is 1. The van der Waals surface area contributed by atoms with Crippen molar-refractivity contribution >= 4 is 56.1 Å². The van der Waals surface area contributed by atoms with Gasteiger partial charge in [0.25, 0.3) is 5.91 Å². The molecule has 0 aliphatic carbocycles. The van der Waals surface area contributed by atoms with Gasteiger partial charge in [0, 0.05) is 11.6 Å². The molecule has 0 radical (unpaired) electrons.